The third kappa shape index (κ3) is 4.13. The van der Waals surface area contributed by atoms with Crippen molar-refractivity contribution in [2.75, 3.05) is 6.61 Å². The Morgan fingerprint density at radius 1 is 0.931 bits per heavy atom. The maximum atomic E-state index is 12.3. The number of nitrogens with one attached hydrogen (secondary N) is 3. The zero-order valence-electron chi connectivity index (χ0n) is 15.8. The number of aromatic amines is 1. The Kier molecular flexibility index (Phi) is 5.29. The summed E-state index contributed by atoms with van der Waals surface area (Å²) in [4.78, 5) is 39.5. The van der Waals surface area contributed by atoms with Crippen LogP contribution in [0.3, 0.4) is 0 Å². The molecule has 0 atom stereocenters. The lowest BCUT2D eigenvalue weighted by Gasteiger charge is -2.10. The van der Waals surface area contributed by atoms with Crippen LogP contribution in [0.15, 0.2) is 48.5 Å². The molecule has 0 spiro atoms. The number of aryl methyl sites for hydroxylation is 2. The van der Waals surface area contributed by atoms with Gasteiger partial charge in [-0.25, -0.2) is 4.79 Å². The third-order valence-electron chi connectivity index (χ3n) is 5.02. The van der Waals surface area contributed by atoms with Crippen LogP contribution in [-0.2, 0) is 22.4 Å². The summed E-state index contributed by atoms with van der Waals surface area (Å²) in [5.41, 5.74) is 8.84. The summed E-state index contributed by atoms with van der Waals surface area (Å²) in [7, 11) is 0. The summed E-state index contributed by atoms with van der Waals surface area (Å²) in [5, 5.41) is 1.04. The van der Waals surface area contributed by atoms with Crippen molar-refractivity contribution in [2.24, 2.45) is 0 Å². The predicted octanol–water partition coefficient (Wildman–Crippen LogP) is 2.66. The van der Waals surface area contributed by atoms with E-state index in [9.17, 15) is 14.4 Å². The molecule has 0 saturated heterocycles. The van der Waals surface area contributed by atoms with E-state index in [1.807, 2.05) is 12.1 Å². The van der Waals surface area contributed by atoms with Gasteiger partial charge in [0.2, 0.25) is 0 Å². The maximum Gasteiger partial charge on any atom is 0.338 e. The Morgan fingerprint density at radius 3 is 2.55 bits per heavy atom. The van der Waals surface area contributed by atoms with Crippen LogP contribution in [-0.4, -0.2) is 29.4 Å². The molecule has 2 aromatic carbocycles. The number of rotatable bonds is 4. The van der Waals surface area contributed by atoms with Gasteiger partial charge in [0.05, 0.1) is 5.56 Å². The number of ether oxygens (including phenoxy) is 1. The van der Waals surface area contributed by atoms with Gasteiger partial charge < -0.3 is 9.72 Å². The zero-order chi connectivity index (χ0) is 20.2. The Labute approximate surface area is 167 Å². The monoisotopic (exact) mass is 391 g/mol. The maximum absolute atomic E-state index is 12.3. The van der Waals surface area contributed by atoms with Gasteiger partial charge in [-0.1, -0.05) is 18.2 Å². The van der Waals surface area contributed by atoms with Crippen LogP contribution in [0.5, 0.6) is 0 Å². The van der Waals surface area contributed by atoms with E-state index in [2.05, 4.69) is 15.8 Å². The summed E-state index contributed by atoms with van der Waals surface area (Å²) in [5.74, 6) is -1.65. The molecule has 3 N–H and O–H groups in total. The van der Waals surface area contributed by atoms with Gasteiger partial charge in [0.15, 0.2) is 6.61 Å². The number of benzene rings is 2. The van der Waals surface area contributed by atoms with Crippen molar-refractivity contribution >= 4 is 28.7 Å². The zero-order valence-corrected chi connectivity index (χ0v) is 15.8. The molecule has 29 heavy (non-hydrogen) atoms. The Hall–Kier alpha value is -3.61. The molecule has 2 amide bonds. The van der Waals surface area contributed by atoms with E-state index in [1.54, 1.807) is 36.4 Å². The average Bonchev–Trinajstić information content (AvgIpc) is 3.14. The first kappa shape index (κ1) is 18.7. The minimum atomic E-state index is -0.622. The van der Waals surface area contributed by atoms with E-state index < -0.39 is 24.4 Å². The van der Waals surface area contributed by atoms with E-state index in [0.717, 1.165) is 30.2 Å². The van der Waals surface area contributed by atoms with Gasteiger partial charge in [-0.15, -0.1) is 0 Å². The molecule has 0 unspecified atom stereocenters. The molecule has 7 heteroatoms. The van der Waals surface area contributed by atoms with Crippen molar-refractivity contribution in [2.45, 2.75) is 25.7 Å². The lowest BCUT2D eigenvalue weighted by molar-refractivity contribution is -0.125. The average molecular weight is 391 g/mol. The van der Waals surface area contributed by atoms with E-state index >= 15 is 0 Å². The topological polar surface area (TPSA) is 100 Å². The van der Waals surface area contributed by atoms with Gasteiger partial charge in [0.25, 0.3) is 11.8 Å². The third-order valence-corrected chi connectivity index (χ3v) is 5.02. The smallest absolute Gasteiger partial charge is 0.338 e. The molecule has 1 aromatic heterocycles. The molecule has 0 aliphatic heterocycles. The molecule has 1 heterocycles. The number of hydrazine groups is 1. The molecule has 0 radical (unpaired) electrons. The second-order valence-electron chi connectivity index (χ2n) is 6.99. The Bertz CT molecular complexity index is 1070. The number of H-pyrrole nitrogens is 1. The van der Waals surface area contributed by atoms with E-state index in [0.29, 0.717) is 11.1 Å². The van der Waals surface area contributed by atoms with E-state index in [1.165, 1.54) is 17.7 Å². The fourth-order valence-corrected chi connectivity index (χ4v) is 3.57. The number of amides is 2. The van der Waals surface area contributed by atoms with Crippen LogP contribution in [0, 0.1) is 0 Å². The minimum absolute atomic E-state index is 0.394. The highest BCUT2D eigenvalue weighted by atomic mass is 16.5. The van der Waals surface area contributed by atoms with Crippen LogP contribution in [0.25, 0.3) is 10.9 Å². The largest absolute Gasteiger partial charge is 0.452 e. The Balaban J connectivity index is 1.33. The van der Waals surface area contributed by atoms with Gasteiger partial charge in [-0.3, -0.25) is 20.4 Å². The van der Waals surface area contributed by atoms with Crippen molar-refractivity contribution in [1.29, 1.82) is 0 Å². The number of hydrogen-bond acceptors (Lipinski definition) is 4. The number of fused-ring (bicyclic) bond motifs is 3. The molecule has 3 aromatic rings. The van der Waals surface area contributed by atoms with Gasteiger partial charge >= 0.3 is 5.97 Å². The summed E-state index contributed by atoms with van der Waals surface area (Å²) < 4.78 is 5.08. The number of hydrogen-bond donors (Lipinski definition) is 3. The quantitative estimate of drug-likeness (QED) is 0.470. The first-order valence-corrected chi connectivity index (χ1v) is 9.56. The van der Waals surface area contributed by atoms with Crippen molar-refractivity contribution in [3.8, 4) is 0 Å². The fourth-order valence-electron chi connectivity index (χ4n) is 3.57. The number of carbonyl (C=O) groups excluding carboxylic acids is 3. The predicted molar refractivity (Wildman–Crippen MR) is 107 cm³/mol. The van der Waals surface area contributed by atoms with Crippen LogP contribution >= 0.6 is 0 Å². The molecule has 0 fully saturated rings. The molecule has 0 bridgehead atoms. The van der Waals surface area contributed by atoms with Crippen LogP contribution in [0.2, 0.25) is 0 Å². The lowest BCUT2D eigenvalue weighted by Crippen LogP contribution is -2.43. The summed E-state index contributed by atoms with van der Waals surface area (Å²) in [6.45, 7) is -0.489. The van der Waals surface area contributed by atoms with Gasteiger partial charge in [-0.05, 0) is 61.6 Å². The van der Waals surface area contributed by atoms with Gasteiger partial charge in [0.1, 0.15) is 0 Å². The number of carbonyl (C=O) groups is 3. The fraction of sp³-hybridized carbons (Fsp3) is 0.227. The van der Waals surface area contributed by atoms with Crippen LogP contribution in [0.1, 0.15) is 44.8 Å². The van der Waals surface area contributed by atoms with Gasteiger partial charge in [0, 0.05) is 22.2 Å². The molecule has 4 rings (SSSR count). The van der Waals surface area contributed by atoms with Crippen LogP contribution in [0.4, 0.5) is 0 Å². The molecule has 1 aliphatic carbocycles. The number of aromatic nitrogens is 1. The Morgan fingerprint density at radius 2 is 1.72 bits per heavy atom. The molecular formula is C22H21N3O4. The second-order valence-corrected chi connectivity index (χ2v) is 6.99. The normalized spacial score (nSPS) is 12.8. The molecule has 148 valence electrons. The van der Waals surface area contributed by atoms with Crippen molar-refractivity contribution in [1.82, 2.24) is 15.8 Å². The van der Waals surface area contributed by atoms with Crippen LogP contribution < -0.4 is 10.9 Å². The first-order chi connectivity index (χ1) is 14.1. The highest BCUT2D eigenvalue weighted by molar-refractivity contribution is 5.98. The lowest BCUT2D eigenvalue weighted by atomic mass is 9.95. The highest BCUT2D eigenvalue weighted by Gasteiger charge is 2.18. The summed E-state index contributed by atoms with van der Waals surface area (Å²) in [6.07, 6.45) is 4.34. The summed E-state index contributed by atoms with van der Waals surface area (Å²) >= 11 is 0. The van der Waals surface area contributed by atoms with Crippen molar-refractivity contribution in [3.63, 3.8) is 0 Å². The molecular weight excluding hydrogens is 370 g/mol. The SMILES string of the molecule is O=C(COC(=O)c1ccc2[nH]c3c(c2c1)CCCC3)NNC(=O)c1ccccc1. The second kappa shape index (κ2) is 8.18. The first-order valence-electron chi connectivity index (χ1n) is 9.56. The molecule has 7 nitrogen and oxygen atoms in total. The molecule has 1 aliphatic rings. The molecule has 0 saturated carbocycles. The summed E-state index contributed by atoms with van der Waals surface area (Å²) in [6, 6.07) is 13.8. The van der Waals surface area contributed by atoms with E-state index in [4.69, 9.17) is 4.74 Å². The highest BCUT2D eigenvalue weighted by Crippen LogP contribution is 2.29. The van der Waals surface area contributed by atoms with Crippen molar-refractivity contribution < 1.29 is 19.1 Å². The van der Waals surface area contributed by atoms with Crippen molar-refractivity contribution in [3.05, 3.63) is 70.9 Å². The minimum Gasteiger partial charge on any atom is -0.452 e. The number of esters is 1. The van der Waals surface area contributed by atoms with Gasteiger partial charge in [-0.2, -0.15) is 0 Å². The van der Waals surface area contributed by atoms with E-state index in [-0.39, 0.29) is 0 Å². The standard InChI is InChI=1S/C22H21N3O4/c26-20(24-25-21(27)14-6-2-1-3-7-14)13-29-22(28)15-10-11-19-17(12-15)16-8-4-5-9-18(16)23-19/h1-3,6-7,10-12,23H,4-5,8-9,13H2,(H,24,26)(H,25,27).